The Kier molecular flexibility index (Phi) is 4.84. The Labute approximate surface area is 86.7 Å². The molecule has 1 aliphatic heterocycles. The van der Waals surface area contributed by atoms with Crippen molar-refractivity contribution in [3.8, 4) is 0 Å². The number of hydrogen-bond donors (Lipinski definition) is 1. The maximum atomic E-state index is 5.51. The molecule has 0 aliphatic carbocycles. The minimum atomic E-state index is 0.726. The Morgan fingerprint density at radius 2 is 2.36 bits per heavy atom. The molecule has 0 aromatic rings. The van der Waals surface area contributed by atoms with Gasteiger partial charge in [-0.25, -0.2) is 0 Å². The van der Waals surface area contributed by atoms with E-state index in [1.165, 1.54) is 17.7 Å². The standard InChI is InChI=1S/C11H21N3/c1-3-4-11-10(5-7-13-11)9-14(2)8-6-12/h5H,3-4,6-9,12H2,1-2H3. The van der Waals surface area contributed by atoms with E-state index < -0.39 is 0 Å². The predicted octanol–water partition coefficient (Wildman–Crippen LogP) is 1.06. The van der Waals surface area contributed by atoms with Gasteiger partial charge in [0.05, 0.1) is 6.54 Å². The van der Waals surface area contributed by atoms with Crippen molar-refractivity contribution in [2.24, 2.45) is 10.7 Å². The van der Waals surface area contributed by atoms with Crippen molar-refractivity contribution in [1.29, 1.82) is 0 Å². The number of likely N-dealkylation sites (N-methyl/N-ethyl adjacent to an activating group) is 1. The van der Waals surface area contributed by atoms with Crippen LogP contribution in [0, 0.1) is 0 Å². The molecule has 1 heterocycles. The predicted molar refractivity (Wildman–Crippen MR) is 61.8 cm³/mol. The van der Waals surface area contributed by atoms with Crippen LogP contribution < -0.4 is 5.73 Å². The van der Waals surface area contributed by atoms with E-state index in [4.69, 9.17) is 5.73 Å². The van der Waals surface area contributed by atoms with Crippen LogP contribution in [0.1, 0.15) is 19.8 Å². The minimum Gasteiger partial charge on any atom is -0.329 e. The molecule has 0 saturated carbocycles. The Hall–Kier alpha value is -0.670. The molecule has 14 heavy (non-hydrogen) atoms. The van der Waals surface area contributed by atoms with Crippen molar-refractivity contribution in [2.45, 2.75) is 19.8 Å². The number of rotatable bonds is 6. The van der Waals surface area contributed by atoms with Crippen LogP contribution in [0.3, 0.4) is 0 Å². The number of nitrogens with zero attached hydrogens (tertiary/aromatic N) is 2. The Bertz CT molecular complexity index is 231. The van der Waals surface area contributed by atoms with Gasteiger partial charge in [0, 0.05) is 25.3 Å². The molecule has 0 bridgehead atoms. The van der Waals surface area contributed by atoms with Crippen LogP contribution in [-0.4, -0.2) is 43.8 Å². The summed E-state index contributed by atoms with van der Waals surface area (Å²) in [7, 11) is 2.11. The van der Waals surface area contributed by atoms with Gasteiger partial charge in [-0.15, -0.1) is 0 Å². The Balaban J connectivity index is 2.41. The lowest BCUT2D eigenvalue weighted by Gasteiger charge is -2.17. The van der Waals surface area contributed by atoms with E-state index in [1.54, 1.807) is 0 Å². The van der Waals surface area contributed by atoms with Gasteiger partial charge in [0.25, 0.3) is 0 Å². The summed E-state index contributed by atoms with van der Waals surface area (Å²) in [5, 5.41) is 0. The van der Waals surface area contributed by atoms with E-state index in [1.807, 2.05) is 0 Å². The van der Waals surface area contributed by atoms with Crippen LogP contribution in [0.5, 0.6) is 0 Å². The normalized spacial score (nSPS) is 16.0. The largest absolute Gasteiger partial charge is 0.329 e. The lowest BCUT2D eigenvalue weighted by Crippen LogP contribution is -2.28. The van der Waals surface area contributed by atoms with Crippen molar-refractivity contribution < 1.29 is 0 Å². The molecular weight excluding hydrogens is 174 g/mol. The summed E-state index contributed by atoms with van der Waals surface area (Å²) in [4.78, 5) is 6.74. The first-order valence-electron chi connectivity index (χ1n) is 5.39. The second-order valence-electron chi connectivity index (χ2n) is 3.79. The zero-order valence-electron chi connectivity index (χ0n) is 9.29. The molecule has 0 radical (unpaired) electrons. The van der Waals surface area contributed by atoms with Crippen LogP contribution in [0.15, 0.2) is 16.6 Å². The summed E-state index contributed by atoms with van der Waals surface area (Å²) in [6, 6.07) is 0. The molecule has 1 aliphatic rings. The molecule has 0 amide bonds. The van der Waals surface area contributed by atoms with Crippen LogP contribution in [0.25, 0.3) is 0 Å². The van der Waals surface area contributed by atoms with Gasteiger partial charge in [0.15, 0.2) is 0 Å². The number of hydrogen-bond acceptors (Lipinski definition) is 3. The Morgan fingerprint density at radius 3 is 3.00 bits per heavy atom. The van der Waals surface area contributed by atoms with Gasteiger partial charge in [-0.2, -0.15) is 0 Å². The van der Waals surface area contributed by atoms with Crippen molar-refractivity contribution in [1.82, 2.24) is 4.90 Å². The number of nitrogens with two attached hydrogens (primary N) is 1. The molecule has 80 valence electrons. The summed E-state index contributed by atoms with van der Waals surface area (Å²) >= 11 is 0. The molecule has 3 heteroatoms. The summed E-state index contributed by atoms with van der Waals surface area (Å²) < 4.78 is 0. The third-order valence-electron chi connectivity index (χ3n) is 2.43. The maximum Gasteiger partial charge on any atom is 0.0580 e. The maximum absolute atomic E-state index is 5.51. The first-order chi connectivity index (χ1) is 6.77. The third kappa shape index (κ3) is 3.24. The van der Waals surface area contributed by atoms with Gasteiger partial charge in [0.2, 0.25) is 0 Å². The average molecular weight is 195 g/mol. The average Bonchev–Trinajstić information content (AvgIpc) is 2.54. The fourth-order valence-electron chi connectivity index (χ4n) is 1.71. The number of aliphatic imine (C=N–C) groups is 1. The highest BCUT2D eigenvalue weighted by Gasteiger charge is 2.12. The quantitative estimate of drug-likeness (QED) is 0.688. The van der Waals surface area contributed by atoms with Crippen molar-refractivity contribution in [2.75, 3.05) is 33.2 Å². The first-order valence-corrected chi connectivity index (χ1v) is 5.39. The molecule has 0 atom stereocenters. The summed E-state index contributed by atoms with van der Waals surface area (Å²) in [5.41, 5.74) is 8.21. The van der Waals surface area contributed by atoms with Crippen LogP contribution >= 0.6 is 0 Å². The fourth-order valence-corrected chi connectivity index (χ4v) is 1.71. The molecule has 0 aromatic carbocycles. The molecule has 0 spiro atoms. The van der Waals surface area contributed by atoms with E-state index in [9.17, 15) is 0 Å². The van der Waals surface area contributed by atoms with Gasteiger partial charge < -0.3 is 10.6 Å². The molecule has 0 saturated heterocycles. The second kappa shape index (κ2) is 5.94. The third-order valence-corrected chi connectivity index (χ3v) is 2.43. The van der Waals surface area contributed by atoms with Gasteiger partial charge in [-0.3, -0.25) is 4.99 Å². The topological polar surface area (TPSA) is 41.6 Å². The summed E-state index contributed by atoms with van der Waals surface area (Å²) in [6.07, 6.45) is 4.52. The summed E-state index contributed by atoms with van der Waals surface area (Å²) in [5.74, 6) is 0. The van der Waals surface area contributed by atoms with E-state index in [0.29, 0.717) is 0 Å². The van der Waals surface area contributed by atoms with E-state index in [-0.39, 0.29) is 0 Å². The van der Waals surface area contributed by atoms with Crippen molar-refractivity contribution in [3.63, 3.8) is 0 Å². The van der Waals surface area contributed by atoms with Crippen LogP contribution in [-0.2, 0) is 0 Å². The van der Waals surface area contributed by atoms with Crippen molar-refractivity contribution >= 4 is 5.71 Å². The van der Waals surface area contributed by atoms with E-state index in [2.05, 4.69) is 29.9 Å². The monoisotopic (exact) mass is 195 g/mol. The lowest BCUT2D eigenvalue weighted by atomic mass is 10.1. The molecule has 0 unspecified atom stereocenters. The second-order valence-corrected chi connectivity index (χ2v) is 3.79. The molecule has 3 nitrogen and oxygen atoms in total. The summed E-state index contributed by atoms with van der Waals surface area (Å²) in [6.45, 7) is 5.75. The molecule has 2 N–H and O–H groups in total. The minimum absolute atomic E-state index is 0.726. The van der Waals surface area contributed by atoms with Gasteiger partial charge in [0.1, 0.15) is 0 Å². The molecule has 1 rings (SSSR count). The fraction of sp³-hybridized carbons (Fsp3) is 0.727. The van der Waals surface area contributed by atoms with Gasteiger partial charge in [-0.1, -0.05) is 19.4 Å². The highest BCUT2D eigenvalue weighted by atomic mass is 15.1. The SMILES string of the molecule is CCCC1=NCC=C1CN(C)CCN. The highest BCUT2D eigenvalue weighted by Crippen LogP contribution is 2.12. The van der Waals surface area contributed by atoms with Crippen LogP contribution in [0.4, 0.5) is 0 Å². The zero-order chi connectivity index (χ0) is 10.4. The zero-order valence-corrected chi connectivity index (χ0v) is 9.29. The van der Waals surface area contributed by atoms with Crippen molar-refractivity contribution in [3.05, 3.63) is 11.6 Å². The van der Waals surface area contributed by atoms with Crippen LogP contribution in [0.2, 0.25) is 0 Å². The molecule has 0 fully saturated rings. The lowest BCUT2D eigenvalue weighted by molar-refractivity contribution is 0.376. The van der Waals surface area contributed by atoms with Gasteiger partial charge in [-0.05, 0) is 19.0 Å². The van der Waals surface area contributed by atoms with Gasteiger partial charge >= 0.3 is 0 Å². The van der Waals surface area contributed by atoms with E-state index >= 15 is 0 Å². The highest BCUT2D eigenvalue weighted by molar-refractivity contribution is 6.02. The smallest absolute Gasteiger partial charge is 0.0580 e. The first kappa shape index (κ1) is 11.4. The molecule has 0 aromatic heterocycles. The Morgan fingerprint density at radius 1 is 1.57 bits per heavy atom. The van der Waals surface area contributed by atoms with E-state index in [0.717, 1.165) is 32.6 Å². The molecular formula is C11H21N3.